The molecule has 1 amide bonds. The Hall–Kier alpha value is -3.59. The standard InChI is InChI=1S/C23H28N6O3/c1-2-24-23(29-12-10-28(11-13-29)17-20-9-15-32-27-20)25-16-18-5-7-19(8-6-18)26-22(30)21-4-3-14-31-21/h3-9,14-15H,2,10-13,16-17H2,1H3,(H,24,25)(H,26,30). The number of aliphatic imine (C=N–C) groups is 1. The molecule has 2 N–H and O–H groups in total. The molecule has 32 heavy (non-hydrogen) atoms. The molecule has 0 spiro atoms. The number of piperazine rings is 1. The Morgan fingerprint density at radius 2 is 1.91 bits per heavy atom. The number of hydrogen-bond acceptors (Lipinski definition) is 6. The number of aromatic nitrogens is 1. The second-order valence-corrected chi connectivity index (χ2v) is 7.55. The molecule has 168 valence electrons. The molecule has 2 aromatic heterocycles. The highest BCUT2D eigenvalue weighted by Gasteiger charge is 2.20. The fourth-order valence-electron chi connectivity index (χ4n) is 3.55. The first-order valence-electron chi connectivity index (χ1n) is 10.8. The monoisotopic (exact) mass is 436 g/mol. The van der Waals surface area contributed by atoms with E-state index in [2.05, 4.69) is 32.5 Å². The van der Waals surface area contributed by atoms with E-state index in [0.717, 1.165) is 56.5 Å². The molecule has 1 aliphatic heterocycles. The van der Waals surface area contributed by atoms with Crippen LogP contribution in [-0.2, 0) is 13.1 Å². The third-order valence-electron chi connectivity index (χ3n) is 5.25. The van der Waals surface area contributed by atoms with Gasteiger partial charge in [-0.05, 0) is 36.8 Å². The average molecular weight is 437 g/mol. The van der Waals surface area contributed by atoms with E-state index in [0.29, 0.717) is 12.2 Å². The van der Waals surface area contributed by atoms with Crippen molar-refractivity contribution < 1.29 is 13.7 Å². The lowest BCUT2D eigenvalue weighted by atomic mass is 10.2. The molecule has 1 aliphatic rings. The number of furan rings is 1. The average Bonchev–Trinajstić information content (AvgIpc) is 3.53. The van der Waals surface area contributed by atoms with Gasteiger partial charge in [-0.2, -0.15) is 0 Å². The SMILES string of the molecule is CCNC(=NCc1ccc(NC(=O)c2ccco2)cc1)N1CCN(Cc2ccon2)CC1. The summed E-state index contributed by atoms with van der Waals surface area (Å²) in [5.74, 6) is 0.941. The Bertz CT molecular complexity index is 991. The maximum absolute atomic E-state index is 12.1. The van der Waals surface area contributed by atoms with Crippen molar-refractivity contribution >= 4 is 17.6 Å². The number of nitrogens with one attached hydrogen (secondary N) is 2. The zero-order valence-electron chi connectivity index (χ0n) is 18.2. The second-order valence-electron chi connectivity index (χ2n) is 7.55. The van der Waals surface area contributed by atoms with E-state index in [1.54, 1.807) is 18.4 Å². The number of hydrogen-bond donors (Lipinski definition) is 2. The van der Waals surface area contributed by atoms with E-state index in [4.69, 9.17) is 13.9 Å². The van der Waals surface area contributed by atoms with Crippen molar-refractivity contribution in [2.75, 3.05) is 38.0 Å². The van der Waals surface area contributed by atoms with Crippen molar-refractivity contribution in [3.8, 4) is 0 Å². The normalized spacial score (nSPS) is 15.0. The zero-order chi connectivity index (χ0) is 22.2. The molecule has 0 aliphatic carbocycles. The van der Waals surface area contributed by atoms with Crippen LogP contribution in [0.3, 0.4) is 0 Å². The molecule has 9 nitrogen and oxygen atoms in total. The van der Waals surface area contributed by atoms with Crippen molar-refractivity contribution in [3.63, 3.8) is 0 Å². The molecule has 9 heteroatoms. The van der Waals surface area contributed by atoms with Crippen LogP contribution >= 0.6 is 0 Å². The maximum atomic E-state index is 12.1. The van der Waals surface area contributed by atoms with Crippen LogP contribution in [0.2, 0.25) is 0 Å². The van der Waals surface area contributed by atoms with Gasteiger partial charge in [0.25, 0.3) is 5.91 Å². The van der Waals surface area contributed by atoms with Crippen LogP contribution in [0.5, 0.6) is 0 Å². The van der Waals surface area contributed by atoms with Crippen molar-refractivity contribution in [2.24, 2.45) is 4.99 Å². The van der Waals surface area contributed by atoms with E-state index in [-0.39, 0.29) is 11.7 Å². The molecule has 1 saturated heterocycles. The Balaban J connectivity index is 1.30. The van der Waals surface area contributed by atoms with Crippen LogP contribution < -0.4 is 10.6 Å². The van der Waals surface area contributed by atoms with Gasteiger partial charge in [0.15, 0.2) is 11.7 Å². The van der Waals surface area contributed by atoms with Gasteiger partial charge in [0.1, 0.15) is 6.26 Å². The van der Waals surface area contributed by atoms with Gasteiger partial charge >= 0.3 is 0 Å². The van der Waals surface area contributed by atoms with Crippen molar-refractivity contribution in [1.82, 2.24) is 20.3 Å². The first kappa shape index (κ1) is 21.6. The summed E-state index contributed by atoms with van der Waals surface area (Å²) >= 11 is 0. The number of amides is 1. The summed E-state index contributed by atoms with van der Waals surface area (Å²) in [6.07, 6.45) is 3.09. The number of carbonyl (C=O) groups is 1. The summed E-state index contributed by atoms with van der Waals surface area (Å²) < 4.78 is 10.0. The maximum Gasteiger partial charge on any atom is 0.291 e. The van der Waals surface area contributed by atoms with Gasteiger partial charge in [-0.1, -0.05) is 17.3 Å². The lowest BCUT2D eigenvalue weighted by Crippen LogP contribution is -2.52. The molecule has 0 unspecified atom stereocenters. The number of rotatable bonds is 7. The Morgan fingerprint density at radius 3 is 2.56 bits per heavy atom. The van der Waals surface area contributed by atoms with Crippen LogP contribution in [0, 0.1) is 0 Å². The van der Waals surface area contributed by atoms with Gasteiger partial charge in [0.2, 0.25) is 0 Å². The lowest BCUT2D eigenvalue weighted by molar-refractivity contribution is 0.0996. The summed E-state index contributed by atoms with van der Waals surface area (Å²) in [4.78, 5) is 21.6. The van der Waals surface area contributed by atoms with Crippen LogP contribution in [0.4, 0.5) is 5.69 Å². The fourth-order valence-corrected chi connectivity index (χ4v) is 3.55. The number of carbonyl (C=O) groups excluding carboxylic acids is 1. The van der Waals surface area contributed by atoms with E-state index in [9.17, 15) is 4.79 Å². The fraction of sp³-hybridized carbons (Fsp3) is 0.348. The Labute approximate surface area is 187 Å². The summed E-state index contributed by atoms with van der Waals surface area (Å²) in [6.45, 7) is 7.96. The Morgan fingerprint density at radius 1 is 1.09 bits per heavy atom. The number of benzene rings is 1. The number of anilines is 1. The summed E-state index contributed by atoms with van der Waals surface area (Å²) in [6, 6.07) is 12.9. The molecule has 0 saturated carbocycles. The van der Waals surface area contributed by atoms with Gasteiger partial charge in [-0.3, -0.25) is 9.69 Å². The van der Waals surface area contributed by atoms with Crippen LogP contribution in [0.25, 0.3) is 0 Å². The van der Waals surface area contributed by atoms with Crippen LogP contribution in [0.15, 0.2) is 68.9 Å². The molecule has 3 heterocycles. The molecule has 3 aromatic rings. The van der Waals surface area contributed by atoms with E-state index < -0.39 is 0 Å². The molecule has 1 aromatic carbocycles. The Kier molecular flexibility index (Phi) is 7.19. The second kappa shape index (κ2) is 10.6. The zero-order valence-corrected chi connectivity index (χ0v) is 18.2. The summed E-state index contributed by atoms with van der Waals surface area (Å²) in [5, 5.41) is 10.2. The van der Waals surface area contributed by atoms with Gasteiger partial charge in [-0.25, -0.2) is 4.99 Å². The predicted octanol–water partition coefficient (Wildman–Crippen LogP) is 2.80. The van der Waals surface area contributed by atoms with Crippen LogP contribution in [-0.4, -0.2) is 59.5 Å². The highest BCUT2D eigenvalue weighted by atomic mass is 16.5. The minimum atomic E-state index is -0.266. The molecule has 0 atom stereocenters. The van der Waals surface area contributed by atoms with E-state index in [1.165, 1.54) is 6.26 Å². The van der Waals surface area contributed by atoms with Crippen LogP contribution in [0.1, 0.15) is 28.7 Å². The minimum absolute atomic E-state index is 0.266. The number of nitrogens with zero attached hydrogens (tertiary/aromatic N) is 4. The van der Waals surface area contributed by atoms with Gasteiger partial charge < -0.3 is 24.5 Å². The molecule has 0 bridgehead atoms. The molecular weight excluding hydrogens is 408 g/mol. The molecule has 4 rings (SSSR count). The third-order valence-corrected chi connectivity index (χ3v) is 5.25. The van der Waals surface area contributed by atoms with E-state index >= 15 is 0 Å². The highest BCUT2D eigenvalue weighted by molar-refractivity contribution is 6.02. The predicted molar refractivity (Wildman–Crippen MR) is 121 cm³/mol. The lowest BCUT2D eigenvalue weighted by Gasteiger charge is -2.36. The van der Waals surface area contributed by atoms with Gasteiger partial charge in [-0.15, -0.1) is 0 Å². The third kappa shape index (κ3) is 5.76. The van der Waals surface area contributed by atoms with Crippen molar-refractivity contribution in [3.05, 3.63) is 72.0 Å². The minimum Gasteiger partial charge on any atom is -0.459 e. The molecule has 1 fully saturated rings. The summed E-state index contributed by atoms with van der Waals surface area (Å²) in [5.41, 5.74) is 2.75. The largest absolute Gasteiger partial charge is 0.459 e. The first-order chi connectivity index (χ1) is 15.7. The highest BCUT2D eigenvalue weighted by Crippen LogP contribution is 2.13. The topological polar surface area (TPSA) is 99.1 Å². The first-order valence-corrected chi connectivity index (χ1v) is 10.8. The van der Waals surface area contributed by atoms with Crippen molar-refractivity contribution in [1.29, 1.82) is 0 Å². The molecular formula is C23H28N6O3. The molecule has 0 radical (unpaired) electrons. The summed E-state index contributed by atoms with van der Waals surface area (Å²) in [7, 11) is 0. The smallest absolute Gasteiger partial charge is 0.291 e. The van der Waals surface area contributed by atoms with Gasteiger partial charge in [0, 0.05) is 51.0 Å². The quantitative estimate of drug-likeness (QED) is 0.434. The van der Waals surface area contributed by atoms with Crippen molar-refractivity contribution in [2.45, 2.75) is 20.0 Å². The van der Waals surface area contributed by atoms with E-state index in [1.807, 2.05) is 30.3 Å². The number of guanidine groups is 1. The van der Waals surface area contributed by atoms with Gasteiger partial charge in [0.05, 0.1) is 18.5 Å².